The molecule has 0 amide bonds. The molecule has 0 saturated heterocycles. The molecule has 19 heavy (non-hydrogen) atoms. The number of nitrogens with zero attached hydrogens (tertiary/aromatic N) is 2. The quantitative estimate of drug-likeness (QED) is 0.781. The lowest BCUT2D eigenvalue weighted by molar-refractivity contribution is 1.12. The molecular formula is C15H13N3S. The number of thiophene rings is 1. The lowest BCUT2D eigenvalue weighted by atomic mass is 10.2. The smallest absolute Gasteiger partial charge is 0.115 e. The maximum absolute atomic E-state index is 3.98. The number of hydrogen-bond donors (Lipinski definition) is 1. The molecule has 0 bridgehead atoms. The third-order valence-corrected chi connectivity index (χ3v) is 3.88. The fourth-order valence-corrected chi connectivity index (χ4v) is 2.76. The molecule has 2 aromatic heterocycles. The fraction of sp³-hybridized carbons (Fsp3) is 0.0667. The molecule has 0 aliphatic rings. The summed E-state index contributed by atoms with van der Waals surface area (Å²) in [5, 5.41) is 3.31. The van der Waals surface area contributed by atoms with E-state index in [4.69, 9.17) is 0 Å². The Balaban J connectivity index is 1.69. The van der Waals surface area contributed by atoms with Gasteiger partial charge in [0.05, 0.1) is 18.1 Å². The minimum Gasteiger partial charge on any atom is -0.378 e. The molecule has 3 aromatic rings. The van der Waals surface area contributed by atoms with E-state index in [1.807, 2.05) is 6.07 Å². The topological polar surface area (TPSA) is 37.8 Å². The minimum absolute atomic E-state index is 0.797. The Morgan fingerprint density at radius 1 is 0.947 bits per heavy atom. The summed E-state index contributed by atoms with van der Waals surface area (Å²) in [5.74, 6) is 0. The van der Waals surface area contributed by atoms with Crippen LogP contribution < -0.4 is 5.32 Å². The summed E-state index contributed by atoms with van der Waals surface area (Å²) in [5.41, 5.74) is 2.21. The first-order chi connectivity index (χ1) is 9.42. The molecule has 0 atom stereocenters. The molecule has 4 heteroatoms. The van der Waals surface area contributed by atoms with Crippen LogP contribution >= 0.6 is 11.3 Å². The van der Waals surface area contributed by atoms with Gasteiger partial charge in [0.2, 0.25) is 0 Å². The Hall–Kier alpha value is -2.20. The van der Waals surface area contributed by atoms with Crippen LogP contribution in [0.5, 0.6) is 0 Å². The van der Waals surface area contributed by atoms with E-state index >= 15 is 0 Å². The highest BCUT2D eigenvalue weighted by Crippen LogP contribution is 2.28. The summed E-state index contributed by atoms with van der Waals surface area (Å²) in [7, 11) is 0. The molecule has 0 radical (unpaired) electrons. The van der Waals surface area contributed by atoms with Crippen LogP contribution in [0.1, 0.15) is 4.88 Å². The van der Waals surface area contributed by atoms with Gasteiger partial charge in [-0.05, 0) is 17.7 Å². The first-order valence-corrected chi connectivity index (χ1v) is 6.86. The van der Waals surface area contributed by atoms with Crippen molar-refractivity contribution in [1.82, 2.24) is 9.97 Å². The van der Waals surface area contributed by atoms with Crippen LogP contribution in [0.3, 0.4) is 0 Å². The van der Waals surface area contributed by atoms with E-state index in [0.29, 0.717) is 0 Å². The van der Waals surface area contributed by atoms with Crippen LogP contribution in [0.15, 0.2) is 61.2 Å². The van der Waals surface area contributed by atoms with Crippen molar-refractivity contribution in [3.63, 3.8) is 0 Å². The highest BCUT2D eigenvalue weighted by atomic mass is 32.1. The molecular weight excluding hydrogens is 254 g/mol. The van der Waals surface area contributed by atoms with Gasteiger partial charge in [0, 0.05) is 16.3 Å². The Morgan fingerprint density at radius 2 is 1.74 bits per heavy atom. The molecule has 3 nitrogen and oxygen atoms in total. The third kappa shape index (κ3) is 2.98. The minimum atomic E-state index is 0.797. The van der Waals surface area contributed by atoms with Gasteiger partial charge in [-0.3, -0.25) is 0 Å². The van der Waals surface area contributed by atoms with E-state index in [9.17, 15) is 0 Å². The van der Waals surface area contributed by atoms with Crippen LogP contribution in [0.25, 0.3) is 10.4 Å². The van der Waals surface area contributed by atoms with Gasteiger partial charge < -0.3 is 5.32 Å². The summed E-state index contributed by atoms with van der Waals surface area (Å²) in [6.07, 6.45) is 5.08. The second-order valence-corrected chi connectivity index (χ2v) is 5.28. The summed E-state index contributed by atoms with van der Waals surface area (Å²) in [6.45, 7) is 0.797. The van der Waals surface area contributed by atoms with Gasteiger partial charge in [0.25, 0.3) is 0 Å². The zero-order chi connectivity index (χ0) is 12.9. The summed E-state index contributed by atoms with van der Waals surface area (Å²) in [4.78, 5) is 10.5. The van der Waals surface area contributed by atoms with Crippen molar-refractivity contribution in [3.8, 4) is 10.4 Å². The van der Waals surface area contributed by atoms with Gasteiger partial charge in [-0.15, -0.1) is 11.3 Å². The van der Waals surface area contributed by atoms with Gasteiger partial charge in [-0.2, -0.15) is 0 Å². The third-order valence-electron chi connectivity index (χ3n) is 2.75. The van der Waals surface area contributed by atoms with Crippen molar-refractivity contribution in [1.29, 1.82) is 0 Å². The van der Waals surface area contributed by atoms with E-state index in [1.165, 1.54) is 21.6 Å². The Kier molecular flexibility index (Phi) is 3.51. The first kappa shape index (κ1) is 11.9. The average molecular weight is 267 g/mol. The molecule has 0 saturated carbocycles. The molecule has 0 aliphatic heterocycles. The summed E-state index contributed by atoms with van der Waals surface area (Å²) < 4.78 is 0. The second-order valence-electron chi connectivity index (χ2n) is 4.11. The molecule has 0 unspecified atom stereocenters. The van der Waals surface area contributed by atoms with Gasteiger partial charge in [-0.1, -0.05) is 30.3 Å². The molecule has 0 fully saturated rings. The Labute approximate surface area is 116 Å². The van der Waals surface area contributed by atoms with Crippen molar-refractivity contribution in [2.24, 2.45) is 0 Å². The van der Waals surface area contributed by atoms with Crippen molar-refractivity contribution >= 4 is 17.0 Å². The number of benzene rings is 1. The Morgan fingerprint density at radius 3 is 2.53 bits per heavy atom. The van der Waals surface area contributed by atoms with Gasteiger partial charge >= 0.3 is 0 Å². The zero-order valence-corrected chi connectivity index (χ0v) is 11.1. The van der Waals surface area contributed by atoms with Crippen LogP contribution in [0.4, 0.5) is 5.69 Å². The largest absolute Gasteiger partial charge is 0.378 e. The highest BCUT2D eigenvalue weighted by Gasteiger charge is 2.02. The number of rotatable bonds is 4. The van der Waals surface area contributed by atoms with Crippen LogP contribution in [0, 0.1) is 0 Å². The molecule has 0 aliphatic carbocycles. The summed E-state index contributed by atoms with van der Waals surface area (Å²) in [6, 6.07) is 14.8. The van der Waals surface area contributed by atoms with Gasteiger partial charge in [0.15, 0.2) is 0 Å². The molecule has 1 N–H and O–H groups in total. The zero-order valence-electron chi connectivity index (χ0n) is 10.3. The van der Waals surface area contributed by atoms with Crippen LogP contribution in [0.2, 0.25) is 0 Å². The monoisotopic (exact) mass is 267 g/mol. The van der Waals surface area contributed by atoms with Gasteiger partial charge in [0.1, 0.15) is 6.33 Å². The van der Waals surface area contributed by atoms with Crippen molar-refractivity contribution < 1.29 is 0 Å². The fourth-order valence-electron chi connectivity index (χ4n) is 1.81. The lowest BCUT2D eigenvalue weighted by Gasteiger charge is -2.02. The van der Waals surface area contributed by atoms with Crippen LogP contribution in [-0.2, 0) is 6.54 Å². The van der Waals surface area contributed by atoms with E-state index in [1.54, 1.807) is 23.7 Å². The van der Waals surface area contributed by atoms with Gasteiger partial charge in [-0.25, -0.2) is 9.97 Å². The van der Waals surface area contributed by atoms with Crippen molar-refractivity contribution in [2.45, 2.75) is 6.54 Å². The standard InChI is InChI=1S/C15H13N3S/c1-2-4-12(5-3-1)15-7-6-14(19-15)10-18-13-8-16-11-17-9-13/h1-9,11,18H,10H2. The highest BCUT2D eigenvalue weighted by molar-refractivity contribution is 7.15. The van der Waals surface area contributed by atoms with E-state index < -0.39 is 0 Å². The first-order valence-electron chi connectivity index (χ1n) is 6.05. The molecule has 3 rings (SSSR count). The maximum Gasteiger partial charge on any atom is 0.115 e. The molecule has 0 spiro atoms. The lowest BCUT2D eigenvalue weighted by Crippen LogP contribution is -1.97. The maximum atomic E-state index is 3.98. The van der Waals surface area contributed by atoms with E-state index in [2.05, 4.69) is 51.7 Å². The van der Waals surface area contributed by atoms with E-state index in [-0.39, 0.29) is 0 Å². The number of anilines is 1. The van der Waals surface area contributed by atoms with Crippen LogP contribution in [-0.4, -0.2) is 9.97 Å². The number of hydrogen-bond acceptors (Lipinski definition) is 4. The molecule has 94 valence electrons. The average Bonchev–Trinajstić information content (AvgIpc) is 2.96. The predicted octanol–water partition coefficient (Wildman–Crippen LogP) is 3.82. The predicted molar refractivity (Wildman–Crippen MR) is 79.1 cm³/mol. The molecule has 2 heterocycles. The normalized spacial score (nSPS) is 10.3. The van der Waals surface area contributed by atoms with Crippen molar-refractivity contribution in [3.05, 3.63) is 66.1 Å². The summed E-state index contributed by atoms with van der Waals surface area (Å²) >= 11 is 1.80. The number of nitrogens with one attached hydrogen (secondary N) is 1. The SMILES string of the molecule is c1ccc(-c2ccc(CNc3cncnc3)s2)cc1. The van der Waals surface area contributed by atoms with E-state index in [0.717, 1.165) is 12.2 Å². The Bertz CT molecular complexity index is 635. The molecule has 1 aromatic carbocycles. The second kappa shape index (κ2) is 5.63. The number of aromatic nitrogens is 2. The van der Waals surface area contributed by atoms with Crippen molar-refractivity contribution in [2.75, 3.05) is 5.32 Å².